The average molecular weight is 398 g/mol. The summed E-state index contributed by atoms with van der Waals surface area (Å²) in [6.45, 7) is 5.63. The number of hydrogen-bond acceptors (Lipinski definition) is 5. The van der Waals surface area contributed by atoms with Crippen molar-refractivity contribution in [1.82, 2.24) is 14.5 Å². The third-order valence-electron chi connectivity index (χ3n) is 6.14. The van der Waals surface area contributed by atoms with Crippen molar-refractivity contribution in [1.29, 1.82) is 0 Å². The smallest absolute Gasteiger partial charge is 0.228 e. The van der Waals surface area contributed by atoms with E-state index >= 15 is 0 Å². The molecule has 154 valence electrons. The summed E-state index contributed by atoms with van der Waals surface area (Å²) < 4.78 is 33.9. The maximum absolute atomic E-state index is 13.2. The molecule has 0 unspecified atom stereocenters. The Kier molecular flexibility index (Phi) is 7.34. The number of sulfone groups is 1. The quantitative estimate of drug-likeness (QED) is 0.673. The van der Waals surface area contributed by atoms with Gasteiger partial charge in [0, 0.05) is 33.3 Å². The molecule has 27 heavy (non-hydrogen) atoms. The maximum atomic E-state index is 13.2. The minimum Gasteiger partial charge on any atom is -0.381 e. The van der Waals surface area contributed by atoms with Gasteiger partial charge in [-0.1, -0.05) is 32.6 Å². The Balaban J connectivity index is 1.78. The van der Waals surface area contributed by atoms with Gasteiger partial charge in [-0.3, -0.25) is 4.90 Å². The van der Waals surface area contributed by atoms with Gasteiger partial charge in [-0.25, -0.2) is 13.4 Å². The first-order valence-electron chi connectivity index (χ1n) is 10.6. The van der Waals surface area contributed by atoms with Gasteiger partial charge in [-0.05, 0) is 32.1 Å². The zero-order chi connectivity index (χ0) is 19.3. The lowest BCUT2D eigenvalue weighted by Gasteiger charge is -2.31. The van der Waals surface area contributed by atoms with Crippen molar-refractivity contribution < 1.29 is 13.2 Å². The number of rotatable bonds is 8. The number of unbranched alkanes of at least 4 members (excludes halogenated alkanes) is 1. The molecule has 1 saturated heterocycles. The van der Waals surface area contributed by atoms with Gasteiger partial charge in [0.15, 0.2) is 0 Å². The first-order valence-corrected chi connectivity index (χ1v) is 12.1. The molecule has 0 N–H and O–H groups in total. The summed E-state index contributed by atoms with van der Waals surface area (Å²) in [5.74, 6) is 0. The van der Waals surface area contributed by atoms with Crippen molar-refractivity contribution in [2.45, 2.75) is 94.3 Å². The summed E-state index contributed by atoms with van der Waals surface area (Å²) in [5.41, 5.74) is 1.04. The Hall–Kier alpha value is -0.920. The van der Waals surface area contributed by atoms with E-state index in [0.29, 0.717) is 11.3 Å². The zero-order valence-corrected chi connectivity index (χ0v) is 17.7. The van der Waals surface area contributed by atoms with Gasteiger partial charge in [0.2, 0.25) is 15.0 Å². The Labute approximate surface area is 164 Å². The van der Waals surface area contributed by atoms with E-state index in [9.17, 15) is 8.42 Å². The molecule has 2 aliphatic rings. The zero-order valence-electron chi connectivity index (χ0n) is 16.9. The molecular formula is C20H35N3O3S. The Morgan fingerprint density at radius 2 is 1.85 bits per heavy atom. The van der Waals surface area contributed by atoms with Gasteiger partial charge >= 0.3 is 0 Å². The number of hydrogen-bond donors (Lipinski definition) is 0. The third kappa shape index (κ3) is 4.93. The second-order valence-corrected chi connectivity index (χ2v) is 10.2. The molecule has 2 heterocycles. The molecule has 1 saturated carbocycles. The number of nitrogens with zero attached hydrogens (tertiary/aromatic N) is 3. The van der Waals surface area contributed by atoms with Crippen LogP contribution in [0.25, 0.3) is 0 Å². The molecule has 1 aromatic rings. The summed E-state index contributed by atoms with van der Waals surface area (Å²) in [6.07, 6.45) is 11.0. The number of piperidine rings is 1. The molecule has 1 aromatic heterocycles. The number of aromatic nitrogens is 2. The van der Waals surface area contributed by atoms with Crippen molar-refractivity contribution >= 4 is 9.84 Å². The first-order chi connectivity index (χ1) is 13.1. The molecule has 1 aliphatic heterocycles. The Morgan fingerprint density at radius 1 is 1.15 bits per heavy atom. The summed E-state index contributed by atoms with van der Waals surface area (Å²) >= 11 is 0. The van der Waals surface area contributed by atoms with Crippen LogP contribution in [0.4, 0.5) is 0 Å². The fourth-order valence-electron chi connectivity index (χ4n) is 4.36. The van der Waals surface area contributed by atoms with Crippen molar-refractivity contribution in [3.8, 4) is 0 Å². The molecule has 1 aliphatic carbocycles. The monoisotopic (exact) mass is 397 g/mol. The normalized spacial score (nSPS) is 21.0. The topological polar surface area (TPSA) is 64.4 Å². The van der Waals surface area contributed by atoms with Crippen molar-refractivity contribution in [2.24, 2.45) is 0 Å². The van der Waals surface area contributed by atoms with Crippen LogP contribution in [-0.4, -0.2) is 54.4 Å². The van der Waals surface area contributed by atoms with E-state index in [2.05, 4.69) is 16.8 Å². The van der Waals surface area contributed by atoms with Crippen LogP contribution in [0.5, 0.6) is 0 Å². The fourth-order valence-corrected chi connectivity index (χ4v) is 6.32. The fraction of sp³-hybridized carbons (Fsp3) is 0.850. The highest BCUT2D eigenvalue weighted by molar-refractivity contribution is 7.91. The SMILES string of the molecule is CCCCn1c(CN2CCC(OC)CC2)cnc1S(=O)(=O)C1CCCCC1. The predicted molar refractivity (Wildman–Crippen MR) is 107 cm³/mol. The van der Waals surface area contributed by atoms with Gasteiger partial charge in [-0.2, -0.15) is 0 Å². The van der Waals surface area contributed by atoms with Crippen molar-refractivity contribution in [2.75, 3.05) is 20.2 Å². The van der Waals surface area contributed by atoms with Gasteiger partial charge in [0.05, 0.1) is 23.2 Å². The second-order valence-electron chi connectivity index (χ2n) is 8.05. The second kappa shape index (κ2) is 9.52. The van der Waals surface area contributed by atoms with Crippen LogP contribution in [0.1, 0.15) is 70.4 Å². The number of imidazole rings is 1. The molecule has 0 bridgehead atoms. The highest BCUT2D eigenvalue weighted by Gasteiger charge is 2.33. The van der Waals surface area contributed by atoms with E-state index in [-0.39, 0.29) is 5.25 Å². The van der Waals surface area contributed by atoms with Crippen LogP contribution >= 0.6 is 0 Å². The number of methoxy groups -OCH3 is 1. The molecule has 2 fully saturated rings. The minimum absolute atomic E-state index is 0.251. The van der Waals surface area contributed by atoms with E-state index in [1.165, 1.54) is 0 Å². The molecule has 0 aromatic carbocycles. The third-order valence-corrected chi connectivity index (χ3v) is 8.32. The first kappa shape index (κ1) is 20.8. The molecule has 7 heteroatoms. The lowest BCUT2D eigenvalue weighted by atomic mass is 10.0. The van der Waals surface area contributed by atoms with E-state index < -0.39 is 9.84 Å². The van der Waals surface area contributed by atoms with Crippen LogP contribution in [0, 0.1) is 0 Å². The predicted octanol–water partition coefficient (Wildman–Crippen LogP) is 3.40. The van der Waals surface area contributed by atoms with Gasteiger partial charge in [-0.15, -0.1) is 0 Å². The summed E-state index contributed by atoms with van der Waals surface area (Å²) in [5, 5.41) is 0.0592. The average Bonchev–Trinajstić information content (AvgIpc) is 3.10. The summed E-state index contributed by atoms with van der Waals surface area (Å²) in [6, 6.07) is 0. The lowest BCUT2D eigenvalue weighted by molar-refractivity contribution is 0.0381. The molecule has 0 spiro atoms. The molecular weight excluding hydrogens is 362 g/mol. The van der Waals surface area contributed by atoms with E-state index in [0.717, 1.165) is 89.7 Å². The molecule has 0 atom stereocenters. The maximum Gasteiger partial charge on any atom is 0.228 e. The Bertz CT molecular complexity index is 687. The van der Waals surface area contributed by atoms with Crippen LogP contribution in [0.15, 0.2) is 11.4 Å². The molecule has 6 nitrogen and oxygen atoms in total. The molecule has 3 rings (SSSR count). The van der Waals surface area contributed by atoms with E-state index in [1.807, 2.05) is 4.57 Å². The highest BCUT2D eigenvalue weighted by Crippen LogP contribution is 2.29. The molecule has 0 radical (unpaired) electrons. The number of ether oxygens (including phenoxy) is 1. The van der Waals surface area contributed by atoms with Crippen LogP contribution in [0.2, 0.25) is 0 Å². The van der Waals surface area contributed by atoms with Crippen LogP contribution in [0.3, 0.4) is 0 Å². The standard InChI is InChI=1S/C20H35N3O3S/c1-3-4-12-23-17(16-22-13-10-18(26-2)11-14-22)15-21-20(23)27(24,25)19-8-6-5-7-9-19/h15,18-19H,3-14,16H2,1-2H3. The van der Waals surface area contributed by atoms with Crippen LogP contribution in [-0.2, 0) is 27.7 Å². The van der Waals surface area contributed by atoms with Crippen molar-refractivity contribution in [3.05, 3.63) is 11.9 Å². The molecule has 0 amide bonds. The number of likely N-dealkylation sites (tertiary alicyclic amines) is 1. The summed E-state index contributed by atoms with van der Waals surface area (Å²) in [4.78, 5) is 6.83. The summed E-state index contributed by atoms with van der Waals surface area (Å²) in [7, 11) is -1.56. The van der Waals surface area contributed by atoms with Crippen molar-refractivity contribution in [3.63, 3.8) is 0 Å². The lowest BCUT2D eigenvalue weighted by Crippen LogP contribution is -2.36. The minimum atomic E-state index is -3.34. The van der Waals surface area contributed by atoms with E-state index in [4.69, 9.17) is 4.74 Å². The van der Waals surface area contributed by atoms with E-state index in [1.54, 1.807) is 13.3 Å². The van der Waals surface area contributed by atoms with Crippen LogP contribution < -0.4 is 0 Å². The largest absolute Gasteiger partial charge is 0.381 e. The van der Waals surface area contributed by atoms with Gasteiger partial charge in [0.25, 0.3) is 0 Å². The van der Waals surface area contributed by atoms with Gasteiger partial charge in [0.1, 0.15) is 0 Å². The Morgan fingerprint density at radius 3 is 2.48 bits per heavy atom. The highest BCUT2D eigenvalue weighted by atomic mass is 32.2. The van der Waals surface area contributed by atoms with Gasteiger partial charge < -0.3 is 9.30 Å².